The molecule has 0 N–H and O–H groups in total. The molecule has 2 aromatic rings. The van der Waals surface area contributed by atoms with E-state index in [9.17, 15) is 10.1 Å². The van der Waals surface area contributed by atoms with Crippen LogP contribution in [0.4, 0.5) is 0 Å². The number of nitriles is 1. The molecule has 0 spiro atoms. The van der Waals surface area contributed by atoms with Crippen LogP contribution in [0.3, 0.4) is 0 Å². The van der Waals surface area contributed by atoms with E-state index < -0.39 is 0 Å². The largest absolute Gasteiger partial charge is 0.497 e. The van der Waals surface area contributed by atoms with Gasteiger partial charge in [-0.1, -0.05) is 30.3 Å². The van der Waals surface area contributed by atoms with Crippen molar-refractivity contribution in [2.24, 2.45) is 0 Å². The fourth-order valence-electron chi connectivity index (χ4n) is 3.30. The van der Waals surface area contributed by atoms with Gasteiger partial charge in [0.2, 0.25) is 0 Å². The first-order chi connectivity index (χ1) is 13.2. The normalized spacial score (nSPS) is 15.7. The molecule has 3 rings (SSSR count). The molecule has 1 saturated heterocycles. The van der Waals surface area contributed by atoms with E-state index in [1.165, 1.54) is 0 Å². The zero-order valence-electron chi connectivity index (χ0n) is 15.6. The number of nitrogens with zero attached hydrogens (tertiary/aromatic N) is 3. The van der Waals surface area contributed by atoms with E-state index in [2.05, 4.69) is 11.0 Å². The van der Waals surface area contributed by atoms with Crippen LogP contribution in [0, 0.1) is 11.3 Å². The van der Waals surface area contributed by atoms with Crippen molar-refractivity contribution in [2.75, 3.05) is 40.4 Å². The van der Waals surface area contributed by atoms with Gasteiger partial charge >= 0.3 is 0 Å². The summed E-state index contributed by atoms with van der Waals surface area (Å²) in [4.78, 5) is 16.8. The first-order valence-corrected chi connectivity index (χ1v) is 8.87. The highest BCUT2D eigenvalue weighted by Gasteiger charge is 2.27. The van der Waals surface area contributed by atoms with Gasteiger partial charge < -0.3 is 14.4 Å². The Hall–Kier alpha value is -3.04. The maximum atomic E-state index is 12.9. The maximum Gasteiger partial charge on any atom is 0.254 e. The fourth-order valence-corrected chi connectivity index (χ4v) is 3.30. The Morgan fingerprint density at radius 1 is 1.00 bits per heavy atom. The van der Waals surface area contributed by atoms with Crippen LogP contribution in [-0.2, 0) is 0 Å². The summed E-state index contributed by atoms with van der Waals surface area (Å²) in [7, 11) is 3.13. The number of methoxy groups -OCH3 is 2. The van der Waals surface area contributed by atoms with Gasteiger partial charge in [-0.15, -0.1) is 0 Å². The second-order valence-corrected chi connectivity index (χ2v) is 6.37. The number of piperazine rings is 1. The number of amides is 1. The maximum absolute atomic E-state index is 12.9. The van der Waals surface area contributed by atoms with Crippen LogP contribution < -0.4 is 9.47 Å². The van der Waals surface area contributed by atoms with E-state index in [1.807, 2.05) is 35.2 Å². The second kappa shape index (κ2) is 8.56. The van der Waals surface area contributed by atoms with E-state index in [1.54, 1.807) is 32.4 Å². The number of hydrogen-bond donors (Lipinski definition) is 0. The quantitative estimate of drug-likeness (QED) is 0.815. The van der Waals surface area contributed by atoms with Crippen LogP contribution >= 0.6 is 0 Å². The average molecular weight is 365 g/mol. The van der Waals surface area contributed by atoms with E-state index in [4.69, 9.17) is 9.47 Å². The summed E-state index contributed by atoms with van der Waals surface area (Å²) in [5.74, 6) is 1.12. The number of rotatable bonds is 5. The summed E-state index contributed by atoms with van der Waals surface area (Å²) in [5.41, 5.74) is 1.52. The van der Waals surface area contributed by atoms with Crippen LogP contribution in [0.25, 0.3) is 0 Å². The van der Waals surface area contributed by atoms with Crippen molar-refractivity contribution in [1.29, 1.82) is 5.26 Å². The van der Waals surface area contributed by atoms with E-state index in [-0.39, 0.29) is 11.9 Å². The molecule has 140 valence electrons. The van der Waals surface area contributed by atoms with Gasteiger partial charge in [0, 0.05) is 37.8 Å². The van der Waals surface area contributed by atoms with Crippen molar-refractivity contribution in [3.8, 4) is 17.6 Å². The molecule has 1 aliphatic rings. The molecule has 0 aliphatic carbocycles. The molecule has 0 radical (unpaired) electrons. The zero-order chi connectivity index (χ0) is 19.2. The van der Waals surface area contributed by atoms with Gasteiger partial charge in [0.1, 0.15) is 17.5 Å². The first kappa shape index (κ1) is 18.7. The molecule has 0 unspecified atom stereocenters. The predicted octanol–water partition coefficient (Wildman–Crippen LogP) is 2.73. The molecule has 0 bridgehead atoms. The molecule has 1 fully saturated rings. The molecule has 27 heavy (non-hydrogen) atoms. The van der Waals surface area contributed by atoms with Crippen LogP contribution in [-0.4, -0.2) is 56.1 Å². The Morgan fingerprint density at radius 2 is 1.59 bits per heavy atom. The molecule has 1 amide bonds. The molecule has 1 atom stereocenters. The topological polar surface area (TPSA) is 65.8 Å². The van der Waals surface area contributed by atoms with Crippen LogP contribution in [0.2, 0.25) is 0 Å². The predicted molar refractivity (Wildman–Crippen MR) is 102 cm³/mol. The van der Waals surface area contributed by atoms with Gasteiger partial charge in [0.25, 0.3) is 5.91 Å². The van der Waals surface area contributed by atoms with Crippen molar-refractivity contribution >= 4 is 5.91 Å². The Kier molecular flexibility index (Phi) is 5.94. The summed E-state index contributed by atoms with van der Waals surface area (Å²) < 4.78 is 10.5. The fraction of sp³-hybridized carbons (Fsp3) is 0.333. The third-order valence-corrected chi connectivity index (χ3v) is 4.80. The van der Waals surface area contributed by atoms with Crippen LogP contribution in [0.5, 0.6) is 11.5 Å². The lowest BCUT2D eigenvalue weighted by Gasteiger charge is -2.37. The molecule has 0 aromatic heterocycles. The van der Waals surface area contributed by atoms with E-state index in [0.29, 0.717) is 43.2 Å². The summed E-state index contributed by atoms with van der Waals surface area (Å²) in [6.45, 7) is 2.45. The number of hydrogen-bond acceptors (Lipinski definition) is 5. The van der Waals surface area contributed by atoms with Gasteiger partial charge in [-0.2, -0.15) is 5.26 Å². The van der Waals surface area contributed by atoms with Crippen molar-refractivity contribution in [3.63, 3.8) is 0 Å². The van der Waals surface area contributed by atoms with Crippen LogP contribution in [0.1, 0.15) is 22.0 Å². The lowest BCUT2D eigenvalue weighted by molar-refractivity contribution is 0.0605. The highest BCUT2D eigenvalue weighted by atomic mass is 16.5. The third kappa shape index (κ3) is 4.21. The third-order valence-electron chi connectivity index (χ3n) is 4.80. The number of ether oxygens (including phenoxy) is 2. The molecule has 2 aromatic carbocycles. The minimum atomic E-state index is -0.291. The standard InChI is InChI=1S/C21H23N3O3/c1-26-18-12-17(13-19(14-18)27-2)21(25)24-10-8-23(9-11-24)20(15-22)16-6-4-3-5-7-16/h3-7,12-14,20H,8-11H2,1-2H3/t20-/m0/s1. The molecule has 6 heteroatoms. The lowest BCUT2D eigenvalue weighted by Crippen LogP contribution is -2.49. The Balaban J connectivity index is 1.68. The van der Waals surface area contributed by atoms with E-state index >= 15 is 0 Å². The zero-order valence-corrected chi connectivity index (χ0v) is 15.6. The Morgan fingerprint density at radius 3 is 2.11 bits per heavy atom. The molecule has 6 nitrogen and oxygen atoms in total. The van der Waals surface area contributed by atoms with Gasteiger partial charge in [-0.05, 0) is 17.7 Å². The molecule has 0 saturated carbocycles. The van der Waals surface area contributed by atoms with Crippen molar-refractivity contribution in [2.45, 2.75) is 6.04 Å². The SMILES string of the molecule is COc1cc(OC)cc(C(=O)N2CCN([C@@H](C#N)c3ccccc3)CC2)c1. The van der Waals surface area contributed by atoms with E-state index in [0.717, 1.165) is 5.56 Å². The molecule has 1 heterocycles. The van der Waals surface area contributed by atoms with Gasteiger partial charge in [-0.25, -0.2) is 0 Å². The summed E-state index contributed by atoms with van der Waals surface area (Å²) in [5, 5.41) is 9.60. The molecular formula is C21H23N3O3. The summed E-state index contributed by atoms with van der Waals surface area (Å²) in [6, 6.07) is 17.0. The van der Waals surface area contributed by atoms with Crippen molar-refractivity contribution in [1.82, 2.24) is 9.80 Å². The summed E-state index contributed by atoms with van der Waals surface area (Å²) >= 11 is 0. The molecular weight excluding hydrogens is 342 g/mol. The number of carbonyl (C=O) groups excluding carboxylic acids is 1. The highest BCUT2D eigenvalue weighted by molar-refractivity contribution is 5.95. The minimum absolute atomic E-state index is 0.0555. The van der Waals surface area contributed by atoms with Crippen molar-refractivity contribution < 1.29 is 14.3 Å². The monoisotopic (exact) mass is 365 g/mol. The molecule has 1 aliphatic heterocycles. The number of carbonyl (C=O) groups is 1. The lowest BCUT2D eigenvalue weighted by atomic mass is 10.1. The minimum Gasteiger partial charge on any atom is -0.497 e. The first-order valence-electron chi connectivity index (χ1n) is 8.87. The number of benzene rings is 2. The summed E-state index contributed by atoms with van der Waals surface area (Å²) in [6.07, 6.45) is 0. The Bertz CT molecular complexity index is 802. The van der Waals surface area contributed by atoms with Crippen molar-refractivity contribution in [3.05, 3.63) is 59.7 Å². The van der Waals surface area contributed by atoms with Gasteiger partial charge in [0.05, 0.1) is 20.3 Å². The highest BCUT2D eigenvalue weighted by Crippen LogP contribution is 2.25. The van der Waals surface area contributed by atoms with Gasteiger partial charge in [0.15, 0.2) is 0 Å². The smallest absolute Gasteiger partial charge is 0.254 e. The average Bonchev–Trinajstić information content (AvgIpc) is 2.74. The Labute approximate surface area is 159 Å². The van der Waals surface area contributed by atoms with Crippen LogP contribution in [0.15, 0.2) is 48.5 Å². The van der Waals surface area contributed by atoms with Gasteiger partial charge in [-0.3, -0.25) is 9.69 Å². The second-order valence-electron chi connectivity index (χ2n) is 6.37.